The van der Waals surface area contributed by atoms with Crippen LogP contribution in [0.1, 0.15) is 36.4 Å². The Labute approximate surface area is 215 Å². The molecule has 0 bridgehead atoms. The largest absolute Gasteiger partial charge is 0.493 e. The lowest BCUT2D eigenvalue weighted by atomic mass is 9.95. The summed E-state index contributed by atoms with van der Waals surface area (Å²) in [6.07, 6.45) is 3.07. The summed E-state index contributed by atoms with van der Waals surface area (Å²) in [4.78, 5) is 35.0. The first-order chi connectivity index (χ1) is 17.1. The highest BCUT2D eigenvalue weighted by molar-refractivity contribution is 7.98. The molecule has 196 valence electrons. The standard InChI is InChI=1S/C22H27NO4S.C4H6O4/c1-23(2)16-9-7-13-11-18(25-3)21(26-4)22(27-5)20(13)14-8-10-19(28-6)17(24)12-15(14)16;5-3(6)1-2-4(7)8/h8,10-12,16H,7,9H2,1-6H3;1-2H2,(H,5,6)(H,7,8)/t16-;/m0./s1. The van der Waals surface area contributed by atoms with Crippen molar-refractivity contribution in [2.24, 2.45) is 0 Å². The Morgan fingerprint density at radius 2 is 1.61 bits per heavy atom. The van der Waals surface area contributed by atoms with E-state index in [1.807, 2.05) is 24.5 Å². The summed E-state index contributed by atoms with van der Waals surface area (Å²) >= 11 is 1.47. The molecule has 0 aliphatic heterocycles. The van der Waals surface area contributed by atoms with Crippen molar-refractivity contribution in [2.75, 3.05) is 41.7 Å². The number of nitrogens with zero attached hydrogens (tertiary/aromatic N) is 1. The van der Waals surface area contributed by atoms with Crippen LogP contribution in [0.2, 0.25) is 0 Å². The topological polar surface area (TPSA) is 123 Å². The van der Waals surface area contributed by atoms with Gasteiger partial charge >= 0.3 is 11.9 Å². The van der Waals surface area contributed by atoms with Crippen LogP contribution >= 0.6 is 11.8 Å². The highest BCUT2D eigenvalue weighted by Crippen LogP contribution is 2.50. The Hall–Kier alpha value is -3.24. The van der Waals surface area contributed by atoms with E-state index in [1.165, 1.54) is 11.8 Å². The zero-order chi connectivity index (χ0) is 27.0. The monoisotopic (exact) mass is 519 g/mol. The van der Waals surface area contributed by atoms with Crippen molar-refractivity contribution >= 4 is 23.7 Å². The molecule has 3 rings (SSSR count). The lowest BCUT2D eigenvalue weighted by Crippen LogP contribution is -2.20. The van der Waals surface area contributed by atoms with Gasteiger partial charge in [-0.1, -0.05) is 6.07 Å². The SMILES string of the molecule is COc1cc2c(c(OC)c1OC)-c1ccc(SC)c(=O)cc1[C@@H](N(C)C)CC2.O=C(O)CCC(=O)O. The summed E-state index contributed by atoms with van der Waals surface area (Å²) in [7, 11) is 8.98. The van der Waals surface area contributed by atoms with Crippen LogP contribution in [0.5, 0.6) is 17.2 Å². The smallest absolute Gasteiger partial charge is 0.303 e. The van der Waals surface area contributed by atoms with Crippen LogP contribution in [-0.4, -0.2) is 68.7 Å². The van der Waals surface area contributed by atoms with Gasteiger partial charge in [-0.15, -0.1) is 11.8 Å². The maximum atomic E-state index is 12.8. The van der Waals surface area contributed by atoms with Gasteiger partial charge in [0.2, 0.25) is 5.75 Å². The third-order valence-corrected chi connectivity index (χ3v) is 6.64. The van der Waals surface area contributed by atoms with Crippen molar-refractivity contribution in [2.45, 2.75) is 36.6 Å². The van der Waals surface area contributed by atoms with Crippen molar-refractivity contribution < 1.29 is 34.0 Å². The molecular weight excluding hydrogens is 486 g/mol. The van der Waals surface area contributed by atoms with Gasteiger partial charge in [0.05, 0.1) is 39.1 Å². The molecule has 1 aliphatic carbocycles. The molecule has 0 radical (unpaired) electrons. The summed E-state index contributed by atoms with van der Waals surface area (Å²) in [5.74, 6) is -0.295. The minimum atomic E-state index is -1.08. The molecule has 36 heavy (non-hydrogen) atoms. The predicted molar refractivity (Wildman–Crippen MR) is 139 cm³/mol. The molecule has 0 heterocycles. The van der Waals surface area contributed by atoms with Gasteiger partial charge in [-0.2, -0.15) is 0 Å². The number of carboxylic acids is 2. The highest BCUT2D eigenvalue weighted by Gasteiger charge is 2.29. The van der Waals surface area contributed by atoms with E-state index in [9.17, 15) is 14.4 Å². The van der Waals surface area contributed by atoms with Gasteiger partial charge in [0, 0.05) is 11.6 Å². The third kappa shape index (κ3) is 6.70. The summed E-state index contributed by atoms with van der Waals surface area (Å²) < 4.78 is 17.0. The number of fused-ring (bicyclic) bond motifs is 3. The molecule has 0 spiro atoms. The number of methoxy groups -OCH3 is 3. The zero-order valence-corrected chi connectivity index (χ0v) is 22.2. The molecule has 0 aromatic heterocycles. The Morgan fingerprint density at radius 1 is 1.00 bits per heavy atom. The summed E-state index contributed by atoms with van der Waals surface area (Å²) in [6, 6.07) is 7.89. The molecular formula is C26H33NO8S. The summed E-state index contributed by atoms with van der Waals surface area (Å²) in [5.41, 5.74) is 4.16. The van der Waals surface area contributed by atoms with Gasteiger partial charge < -0.3 is 29.3 Å². The van der Waals surface area contributed by atoms with Crippen LogP contribution in [0, 0.1) is 0 Å². The predicted octanol–water partition coefficient (Wildman–Crippen LogP) is 3.95. The van der Waals surface area contributed by atoms with E-state index in [-0.39, 0.29) is 24.3 Å². The second-order valence-electron chi connectivity index (χ2n) is 8.26. The number of carbonyl (C=O) groups is 2. The van der Waals surface area contributed by atoms with Crippen molar-refractivity contribution in [3.8, 4) is 28.4 Å². The lowest BCUT2D eigenvalue weighted by Gasteiger charge is -2.24. The number of aliphatic carboxylic acids is 2. The molecule has 2 aromatic rings. The molecule has 0 unspecified atom stereocenters. The fraction of sp³-hybridized carbons (Fsp3) is 0.423. The average molecular weight is 520 g/mol. The molecule has 0 amide bonds. The van der Waals surface area contributed by atoms with Crippen molar-refractivity contribution in [1.82, 2.24) is 4.90 Å². The van der Waals surface area contributed by atoms with E-state index < -0.39 is 11.9 Å². The van der Waals surface area contributed by atoms with Crippen molar-refractivity contribution in [3.63, 3.8) is 0 Å². The number of benzene rings is 1. The maximum absolute atomic E-state index is 12.8. The third-order valence-electron chi connectivity index (χ3n) is 5.86. The molecule has 0 saturated carbocycles. The fourth-order valence-electron chi connectivity index (χ4n) is 4.20. The molecule has 2 aromatic carbocycles. The Kier molecular flexibility index (Phi) is 10.6. The van der Waals surface area contributed by atoms with E-state index in [1.54, 1.807) is 27.4 Å². The van der Waals surface area contributed by atoms with Crippen molar-refractivity contribution in [3.05, 3.63) is 45.6 Å². The zero-order valence-electron chi connectivity index (χ0n) is 21.4. The molecule has 0 fully saturated rings. The number of aryl methyl sites for hydroxylation is 1. The lowest BCUT2D eigenvalue weighted by molar-refractivity contribution is -0.143. The number of rotatable bonds is 8. The molecule has 1 aliphatic rings. The Bertz CT molecular complexity index is 1150. The van der Waals surface area contributed by atoms with E-state index >= 15 is 0 Å². The van der Waals surface area contributed by atoms with Gasteiger partial charge in [0.25, 0.3) is 0 Å². The van der Waals surface area contributed by atoms with Crippen LogP contribution in [0.4, 0.5) is 0 Å². The van der Waals surface area contributed by atoms with E-state index in [4.69, 9.17) is 24.4 Å². The van der Waals surface area contributed by atoms with Gasteiger partial charge in [0.15, 0.2) is 16.9 Å². The second-order valence-corrected chi connectivity index (χ2v) is 9.11. The van der Waals surface area contributed by atoms with Crippen LogP contribution in [-0.2, 0) is 16.0 Å². The molecule has 0 saturated heterocycles. The quantitative estimate of drug-likeness (QED) is 0.496. The number of carboxylic acid groups (broad SMARTS) is 2. The first-order valence-electron chi connectivity index (χ1n) is 11.2. The van der Waals surface area contributed by atoms with Gasteiger partial charge in [-0.25, -0.2) is 0 Å². The molecule has 1 atom stereocenters. The van der Waals surface area contributed by atoms with Crippen molar-refractivity contribution in [1.29, 1.82) is 0 Å². The minimum Gasteiger partial charge on any atom is -0.493 e. The number of thioether (sulfide) groups is 1. The van der Waals surface area contributed by atoms with Gasteiger partial charge in [0.1, 0.15) is 0 Å². The first kappa shape index (κ1) is 29.0. The number of ether oxygens (including phenoxy) is 3. The number of hydrogen-bond donors (Lipinski definition) is 2. The Balaban J connectivity index is 0.000000493. The summed E-state index contributed by atoms with van der Waals surface area (Å²) in [6.45, 7) is 0. The fourth-order valence-corrected chi connectivity index (χ4v) is 4.66. The molecule has 9 nitrogen and oxygen atoms in total. The molecule has 10 heteroatoms. The highest BCUT2D eigenvalue weighted by atomic mass is 32.2. The van der Waals surface area contributed by atoms with Crippen LogP contribution < -0.4 is 19.6 Å². The minimum absolute atomic E-state index is 0.0449. The van der Waals surface area contributed by atoms with E-state index in [2.05, 4.69) is 19.0 Å². The van der Waals surface area contributed by atoms with E-state index in [0.717, 1.165) is 40.0 Å². The van der Waals surface area contributed by atoms with Crippen LogP contribution in [0.15, 0.2) is 34.0 Å². The second kappa shape index (κ2) is 13.2. The molecule has 2 N–H and O–H groups in total. The average Bonchev–Trinajstić information content (AvgIpc) is 3.09. The Morgan fingerprint density at radius 3 is 2.08 bits per heavy atom. The van der Waals surface area contributed by atoms with Crippen LogP contribution in [0.25, 0.3) is 11.1 Å². The first-order valence-corrected chi connectivity index (χ1v) is 12.5. The summed E-state index contributed by atoms with van der Waals surface area (Å²) in [5, 5.41) is 15.8. The van der Waals surface area contributed by atoms with Gasteiger partial charge in [-0.05, 0) is 68.1 Å². The van der Waals surface area contributed by atoms with E-state index in [0.29, 0.717) is 17.2 Å². The van der Waals surface area contributed by atoms with Crippen LogP contribution in [0.3, 0.4) is 0 Å². The number of hydrogen-bond acceptors (Lipinski definition) is 8. The van der Waals surface area contributed by atoms with Gasteiger partial charge in [-0.3, -0.25) is 14.4 Å². The normalized spacial score (nSPS) is 13.9. The maximum Gasteiger partial charge on any atom is 0.303 e.